The molecule has 1 atom stereocenters. The zero-order valence-corrected chi connectivity index (χ0v) is 6.33. The molecular formula is C7H10O4-2. The first-order valence-electron chi connectivity index (χ1n) is 3.48. The highest BCUT2D eigenvalue weighted by atomic mass is 16.4. The molecule has 0 aliphatic heterocycles. The van der Waals surface area contributed by atoms with E-state index in [1.807, 2.05) is 0 Å². The fourth-order valence-electron chi connectivity index (χ4n) is 0.781. The van der Waals surface area contributed by atoms with Gasteiger partial charge < -0.3 is 19.8 Å². The zero-order chi connectivity index (χ0) is 8.85. The van der Waals surface area contributed by atoms with E-state index in [4.69, 9.17) is 0 Å². The van der Waals surface area contributed by atoms with E-state index in [1.54, 1.807) is 6.92 Å². The largest absolute Gasteiger partial charge is 0.550 e. The van der Waals surface area contributed by atoms with Gasteiger partial charge in [-0.2, -0.15) is 0 Å². The SMILES string of the molecule is CCC(CCC(=O)[O-])C(=O)[O-]. The van der Waals surface area contributed by atoms with Crippen LogP contribution in [0.5, 0.6) is 0 Å². The quantitative estimate of drug-likeness (QED) is 0.477. The lowest BCUT2D eigenvalue weighted by molar-refractivity contribution is -0.313. The summed E-state index contributed by atoms with van der Waals surface area (Å²) in [6, 6.07) is 0. The predicted octanol–water partition coefficient (Wildman–Crippen LogP) is -1.71. The van der Waals surface area contributed by atoms with E-state index >= 15 is 0 Å². The van der Waals surface area contributed by atoms with Gasteiger partial charge in [0.1, 0.15) is 0 Å². The molecular weight excluding hydrogens is 148 g/mol. The number of carbonyl (C=O) groups is 2. The van der Waals surface area contributed by atoms with E-state index in [1.165, 1.54) is 0 Å². The summed E-state index contributed by atoms with van der Waals surface area (Å²) in [5.74, 6) is -3.06. The van der Waals surface area contributed by atoms with Crippen LogP contribution >= 0.6 is 0 Å². The zero-order valence-electron chi connectivity index (χ0n) is 6.33. The molecule has 0 radical (unpaired) electrons. The molecule has 0 aromatic rings. The normalized spacial score (nSPS) is 12.5. The van der Waals surface area contributed by atoms with Crippen molar-refractivity contribution in [1.82, 2.24) is 0 Å². The fraction of sp³-hybridized carbons (Fsp3) is 0.714. The van der Waals surface area contributed by atoms with Gasteiger partial charge in [-0.3, -0.25) is 0 Å². The number of carbonyl (C=O) groups excluding carboxylic acids is 2. The molecule has 11 heavy (non-hydrogen) atoms. The Morgan fingerprint density at radius 2 is 1.91 bits per heavy atom. The molecule has 4 nitrogen and oxygen atoms in total. The molecule has 0 rings (SSSR count). The standard InChI is InChI=1S/C7H12O4/c1-2-5(7(10)11)3-4-6(8)9/h5H,2-4H2,1H3,(H,8,9)(H,10,11)/p-2. The summed E-state index contributed by atoms with van der Waals surface area (Å²) in [5.41, 5.74) is 0. The summed E-state index contributed by atoms with van der Waals surface area (Å²) in [5, 5.41) is 20.1. The van der Waals surface area contributed by atoms with E-state index in [2.05, 4.69) is 0 Å². The minimum absolute atomic E-state index is 0.0984. The average Bonchev–Trinajstić information content (AvgIpc) is 1.87. The Kier molecular flexibility index (Phi) is 4.26. The summed E-state index contributed by atoms with van der Waals surface area (Å²) < 4.78 is 0. The van der Waals surface area contributed by atoms with E-state index in [9.17, 15) is 19.8 Å². The van der Waals surface area contributed by atoms with Gasteiger partial charge in [-0.05, 0) is 25.2 Å². The Labute approximate surface area is 64.8 Å². The molecule has 0 aromatic carbocycles. The molecule has 0 aliphatic rings. The molecule has 0 saturated heterocycles. The predicted molar refractivity (Wildman–Crippen MR) is 33.0 cm³/mol. The van der Waals surface area contributed by atoms with E-state index < -0.39 is 17.9 Å². The molecule has 0 saturated carbocycles. The average molecular weight is 158 g/mol. The third-order valence-corrected chi connectivity index (χ3v) is 1.52. The molecule has 0 aliphatic carbocycles. The Bertz CT molecular complexity index is 153. The molecule has 0 aromatic heterocycles. The minimum Gasteiger partial charge on any atom is -0.550 e. The van der Waals surface area contributed by atoms with Crippen LogP contribution in [0, 0.1) is 5.92 Å². The number of carboxylic acids is 2. The number of hydrogen-bond donors (Lipinski definition) is 0. The number of carboxylic acid groups (broad SMARTS) is 2. The van der Waals surface area contributed by atoms with Gasteiger partial charge in [-0.25, -0.2) is 0 Å². The molecule has 4 heteroatoms. The van der Waals surface area contributed by atoms with Crippen LogP contribution in [0.1, 0.15) is 26.2 Å². The second kappa shape index (κ2) is 4.71. The lowest BCUT2D eigenvalue weighted by Gasteiger charge is -2.15. The maximum absolute atomic E-state index is 10.2. The summed E-state index contributed by atoms with van der Waals surface area (Å²) in [6.45, 7) is 1.68. The molecule has 0 N–H and O–H groups in total. The van der Waals surface area contributed by atoms with Crippen molar-refractivity contribution in [2.45, 2.75) is 26.2 Å². The van der Waals surface area contributed by atoms with E-state index in [0.717, 1.165) is 0 Å². The van der Waals surface area contributed by atoms with Gasteiger partial charge in [0.15, 0.2) is 0 Å². The van der Waals surface area contributed by atoms with Crippen molar-refractivity contribution in [3.63, 3.8) is 0 Å². The third kappa shape index (κ3) is 4.36. The van der Waals surface area contributed by atoms with Crippen molar-refractivity contribution >= 4 is 11.9 Å². The molecule has 64 valence electrons. The van der Waals surface area contributed by atoms with E-state index in [0.29, 0.717) is 6.42 Å². The molecule has 0 heterocycles. The molecule has 0 amide bonds. The number of rotatable bonds is 5. The maximum atomic E-state index is 10.2. The van der Waals surface area contributed by atoms with Crippen LogP contribution in [-0.2, 0) is 9.59 Å². The van der Waals surface area contributed by atoms with Gasteiger partial charge >= 0.3 is 0 Å². The highest BCUT2D eigenvalue weighted by Crippen LogP contribution is 2.08. The van der Waals surface area contributed by atoms with Gasteiger partial charge in [-0.1, -0.05) is 6.92 Å². The van der Waals surface area contributed by atoms with Crippen LogP contribution in [0.4, 0.5) is 0 Å². The second-order valence-corrected chi connectivity index (χ2v) is 2.33. The highest BCUT2D eigenvalue weighted by Gasteiger charge is 2.06. The number of hydrogen-bond acceptors (Lipinski definition) is 4. The molecule has 0 spiro atoms. The number of aliphatic carboxylic acids is 2. The minimum atomic E-state index is -1.22. The Hall–Kier alpha value is -1.06. The van der Waals surface area contributed by atoms with Crippen molar-refractivity contribution in [3.05, 3.63) is 0 Å². The van der Waals surface area contributed by atoms with Gasteiger partial charge in [-0.15, -0.1) is 0 Å². The smallest absolute Gasteiger partial charge is 0.0445 e. The second-order valence-electron chi connectivity index (χ2n) is 2.33. The summed E-state index contributed by atoms with van der Waals surface area (Å²) in [6.07, 6.45) is 0.281. The lowest BCUT2D eigenvalue weighted by atomic mass is 10.0. The van der Waals surface area contributed by atoms with Crippen molar-refractivity contribution in [3.8, 4) is 0 Å². The van der Waals surface area contributed by atoms with Crippen molar-refractivity contribution in [2.75, 3.05) is 0 Å². The van der Waals surface area contributed by atoms with Crippen LogP contribution in [0.3, 0.4) is 0 Å². The summed E-state index contributed by atoms with van der Waals surface area (Å²) in [7, 11) is 0. The van der Waals surface area contributed by atoms with Crippen LogP contribution in [-0.4, -0.2) is 11.9 Å². The Balaban J connectivity index is 3.70. The van der Waals surface area contributed by atoms with E-state index in [-0.39, 0.29) is 12.8 Å². The van der Waals surface area contributed by atoms with Crippen LogP contribution in [0.2, 0.25) is 0 Å². The first-order chi connectivity index (χ1) is 5.07. The topological polar surface area (TPSA) is 80.3 Å². The maximum Gasteiger partial charge on any atom is 0.0445 e. The first kappa shape index (κ1) is 9.94. The van der Waals surface area contributed by atoms with Gasteiger partial charge in [0.25, 0.3) is 0 Å². The summed E-state index contributed by atoms with van der Waals surface area (Å²) >= 11 is 0. The summed E-state index contributed by atoms with van der Waals surface area (Å²) in [4.78, 5) is 20.1. The lowest BCUT2D eigenvalue weighted by Crippen LogP contribution is -2.32. The van der Waals surface area contributed by atoms with Crippen LogP contribution in [0.15, 0.2) is 0 Å². The highest BCUT2D eigenvalue weighted by molar-refractivity contribution is 5.69. The fourth-order valence-corrected chi connectivity index (χ4v) is 0.781. The van der Waals surface area contributed by atoms with Gasteiger partial charge in [0, 0.05) is 11.9 Å². The molecule has 0 bridgehead atoms. The third-order valence-electron chi connectivity index (χ3n) is 1.52. The van der Waals surface area contributed by atoms with Crippen LogP contribution in [0.25, 0.3) is 0 Å². The molecule has 0 fully saturated rings. The Morgan fingerprint density at radius 1 is 1.36 bits per heavy atom. The monoisotopic (exact) mass is 158 g/mol. The Morgan fingerprint density at radius 3 is 2.18 bits per heavy atom. The van der Waals surface area contributed by atoms with Gasteiger partial charge in [0.05, 0.1) is 0 Å². The van der Waals surface area contributed by atoms with Gasteiger partial charge in [0.2, 0.25) is 0 Å². The van der Waals surface area contributed by atoms with Crippen molar-refractivity contribution in [1.29, 1.82) is 0 Å². The van der Waals surface area contributed by atoms with Crippen LogP contribution < -0.4 is 10.2 Å². The first-order valence-corrected chi connectivity index (χ1v) is 3.48. The van der Waals surface area contributed by atoms with Crippen molar-refractivity contribution in [2.24, 2.45) is 5.92 Å². The molecule has 1 unspecified atom stereocenters. The van der Waals surface area contributed by atoms with Crippen molar-refractivity contribution < 1.29 is 19.8 Å².